The van der Waals surface area contributed by atoms with Crippen LogP contribution < -0.4 is 16.0 Å². The number of nitrogens with one attached hydrogen (secondary N) is 3. The van der Waals surface area contributed by atoms with Crippen molar-refractivity contribution >= 4 is 72.0 Å². The van der Waals surface area contributed by atoms with Gasteiger partial charge in [-0.3, -0.25) is 72.3 Å². The van der Waals surface area contributed by atoms with Gasteiger partial charge in [0.1, 0.15) is 17.9 Å². The van der Waals surface area contributed by atoms with E-state index in [-0.39, 0.29) is 110 Å². The summed E-state index contributed by atoms with van der Waals surface area (Å²) in [5, 5.41) is 65.0. The smallest absolute Gasteiger partial charge is 0.475 e. The molecule has 4 atom stereocenters. The maximum absolute atomic E-state index is 13.1. The SMILES string of the molecule is CC(C)[C@H](CC(=O)CNC(=O)CCC(=O)CNC(=O)CCC(=O)CCC(C(=O)O)N1CCN(CC(=O)O)CCN(CC(=O)O)CCN(CC(=O)O)CC1)C(=O)N[C@H](C)C(=O)N1CCC[C@H]1B(O)O. The average molecular weight is 969 g/mol. The fraction of sp³-hybridized carbons (Fsp3) is 0.738. The molecule has 2 heterocycles. The topological polar surface area (TPSA) is 361 Å². The lowest BCUT2D eigenvalue weighted by Crippen LogP contribution is -2.53. The van der Waals surface area contributed by atoms with Crippen LogP contribution in [0.25, 0.3) is 0 Å². The molecule has 0 bridgehead atoms. The molecule has 0 aromatic carbocycles. The molecule has 1 unspecified atom stereocenters. The molecule has 9 N–H and O–H groups in total. The fourth-order valence-corrected chi connectivity index (χ4v) is 7.92. The Morgan fingerprint density at radius 1 is 0.588 bits per heavy atom. The van der Waals surface area contributed by atoms with Crippen molar-refractivity contribution in [1.82, 2.24) is 40.4 Å². The van der Waals surface area contributed by atoms with Crippen molar-refractivity contribution in [3.05, 3.63) is 0 Å². The van der Waals surface area contributed by atoms with E-state index < -0.39 is 122 Å². The number of carbonyl (C=O) groups excluding carboxylic acids is 7. The van der Waals surface area contributed by atoms with Gasteiger partial charge in [0, 0.05) is 103 Å². The average Bonchev–Trinajstić information content (AvgIpc) is 3.75. The third kappa shape index (κ3) is 22.6. The predicted molar refractivity (Wildman–Crippen MR) is 239 cm³/mol. The maximum Gasteiger partial charge on any atom is 0.475 e. The Morgan fingerprint density at radius 2 is 1.04 bits per heavy atom. The molecule has 26 heteroatoms. The third-order valence-corrected chi connectivity index (χ3v) is 11.8. The molecule has 382 valence electrons. The summed E-state index contributed by atoms with van der Waals surface area (Å²) >= 11 is 0. The van der Waals surface area contributed by atoms with Gasteiger partial charge in [-0.2, -0.15) is 0 Å². The van der Waals surface area contributed by atoms with Gasteiger partial charge in [0.25, 0.3) is 0 Å². The molecule has 0 spiro atoms. The summed E-state index contributed by atoms with van der Waals surface area (Å²) in [5.74, 6) is -10.4. The number of carboxylic acids is 4. The highest BCUT2D eigenvalue weighted by Crippen LogP contribution is 2.21. The third-order valence-electron chi connectivity index (χ3n) is 11.8. The van der Waals surface area contributed by atoms with Crippen LogP contribution in [0.3, 0.4) is 0 Å². The van der Waals surface area contributed by atoms with Gasteiger partial charge >= 0.3 is 31.0 Å². The number of rotatable bonds is 28. The Balaban J connectivity index is 1.82. The molecule has 0 saturated carbocycles. The van der Waals surface area contributed by atoms with Crippen LogP contribution in [0.15, 0.2) is 0 Å². The number of nitrogens with zero attached hydrogens (tertiary/aromatic N) is 5. The monoisotopic (exact) mass is 968 g/mol. The first-order valence-corrected chi connectivity index (χ1v) is 22.8. The van der Waals surface area contributed by atoms with Gasteiger partial charge in [-0.25, -0.2) is 0 Å². The highest BCUT2D eigenvalue weighted by molar-refractivity contribution is 6.43. The summed E-state index contributed by atoms with van der Waals surface area (Å²) in [5.41, 5.74) is 0. The van der Waals surface area contributed by atoms with Crippen molar-refractivity contribution in [1.29, 1.82) is 0 Å². The van der Waals surface area contributed by atoms with E-state index in [1.54, 1.807) is 18.7 Å². The summed E-state index contributed by atoms with van der Waals surface area (Å²) in [6, 6.07) is -2.23. The van der Waals surface area contributed by atoms with E-state index in [9.17, 15) is 83.2 Å². The first kappa shape index (κ1) is 58.7. The Morgan fingerprint density at radius 3 is 1.49 bits per heavy atom. The van der Waals surface area contributed by atoms with Crippen molar-refractivity contribution in [2.75, 3.05) is 91.6 Å². The minimum Gasteiger partial charge on any atom is -0.480 e. The van der Waals surface area contributed by atoms with Crippen molar-refractivity contribution < 1.29 is 83.2 Å². The lowest BCUT2D eigenvalue weighted by molar-refractivity contribution is -0.145. The van der Waals surface area contributed by atoms with E-state index in [0.717, 1.165) is 0 Å². The molecule has 0 aliphatic carbocycles. The predicted octanol–water partition coefficient (Wildman–Crippen LogP) is -3.63. The number of carboxylic acid groups (broad SMARTS) is 4. The van der Waals surface area contributed by atoms with Crippen LogP contribution in [-0.4, -0.2) is 237 Å². The lowest BCUT2D eigenvalue weighted by Gasteiger charge is -2.35. The number of amides is 4. The fourth-order valence-electron chi connectivity index (χ4n) is 7.92. The summed E-state index contributed by atoms with van der Waals surface area (Å²) in [6.45, 7) is 3.95. The highest BCUT2D eigenvalue weighted by atomic mass is 16.4. The van der Waals surface area contributed by atoms with Crippen LogP contribution in [0, 0.1) is 11.8 Å². The molecule has 2 fully saturated rings. The number of likely N-dealkylation sites (tertiary alicyclic amines) is 1. The zero-order valence-corrected chi connectivity index (χ0v) is 39.1. The molecule has 0 aromatic heterocycles. The van der Waals surface area contributed by atoms with E-state index in [2.05, 4.69) is 16.0 Å². The molecule has 2 rings (SSSR count). The highest BCUT2D eigenvalue weighted by Gasteiger charge is 2.39. The Kier molecular flexibility index (Phi) is 26.0. The Hall–Kier alpha value is -5.41. The van der Waals surface area contributed by atoms with Gasteiger partial charge in [-0.15, -0.1) is 0 Å². The number of hydrogen-bond donors (Lipinski definition) is 9. The van der Waals surface area contributed by atoms with Crippen molar-refractivity contribution in [2.24, 2.45) is 11.8 Å². The van der Waals surface area contributed by atoms with E-state index >= 15 is 0 Å². The quantitative estimate of drug-likeness (QED) is 0.0342. The molecule has 2 saturated heterocycles. The number of carbonyl (C=O) groups is 11. The van der Waals surface area contributed by atoms with Crippen molar-refractivity contribution in [2.45, 2.75) is 96.6 Å². The zero-order valence-electron chi connectivity index (χ0n) is 39.1. The molecular formula is C42H69BN8O17. The minimum absolute atomic E-state index is 0.0275. The molecule has 25 nitrogen and oxygen atoms in total. The Bertz CT molecular complexity index is 1760. The number of Topliss-reactive ketones (excluding diaryl/α,β-unsaturated/α-hetero) is 3. The molecule has 68 heavy (non-hydrogen) atoms. The number of aliphatic carboxylic acids is 4. The van der Waals surface area contributed by atoms with Crippen molar-refractivity contribution in [3.8, 4) is 0 Å². The molecule has 2 aliphatic heterocycles. The van der Waals surface area contributed by atoms with Gasteiger partial charge in [-0.1, -0.05) is 13.8 Å². The lowest BCUT2D eigenvalue weighted by atomic mass is 9.78. The summed E-state index contributed by atoms with van der Waals surface area (Å²) in [4.78, 5) is 144. The first-order chi connectivity index (χ1) is 32.0. The summed E-state index contributed by atoms with van der Waals surface area (Å²) in [7, 11) is -1.72. The van der Waals surface area contributed by atoms with Crippen molar-refractivity contribution in [3.63, 3.8) is 0 Å². The van der Waals surface area contributed by atoms with Crippen LogP contribution in [0.1, 0.15) is 78.6 Å². The maximum atomic E-state index is 13.1. The standard InChI is InChI=1S/C42H69BN8O17/c1-27(2)32(40(63)46-28(3)41(64)51-12-4-5-34(51)43(67)68)21-31(54)23-45-36(56)11-8-30(53)22-44-35(55)10-7-29(52)6-9-33(42(65)66)50-19-17-48(25-38(59)60)15-13-47(24-37(57)58)14-16-49(18-20-50)26-39(61)62/h27-28,32-34,67-68H,4-26H2,1-3H3,(H,44,55)(H,45,56)(H,46,63)(H,57,58)(H,59,60)(H,61,62)(H,65,66)/t28-,32+,33?,34+/m1/s1. The van der Waals surface area contributed by atoms with E-state index in [1.165, 1.54) is 26.5 Å². The number of ketones is 3. The van der Waals surface area contributed by atoms with Crippen LogP contribution in [0.5, 0.6) is 0 Å². The zero-order chi connectivity index (χ0) is 51.1. The Labute approximate surface area is 395 Å². The van der Waals surface area contributed by atoms with Gasteiger partial charge in [0.05, 0.1) is 38.7 Å². The van der Waals surface area contributed by atoms with Crippen LogP contribution in [-0.2, 0) is 52.7 Å². The van der Waals surface area contributed by atoms with E-state index in [1.807, 2.05) is 0 Å². The minimum atomic E-state index is -1.72. The van der Waals surface area contributed by atoms with Gasteiger partial charge in [0.2, 0.25) is 23.6 Å². The summed E-state index contributed by atoms with van der Waals surface area (Å²) < 4.78 is 0. The number of hydrogen-bond acceptors (Lipinski definition) is 17. The largest absolute Gasteiger partial charge is 0.480 e. The van der Waals surface area contributed by atoms with Gasteiger partial charge < -0.3 is 51.3 Å². The van der Waals surface area contributed by atoms with E-state index in [0.29, 0.717) is 19.4 Å². The second-order valence-electron chi connectivity index (χ2n) is 17.5. The van der Waals surface area contributed by atoms with Crippen LogP contribution in [0.4, 0.5) is 0 Å². The molecule has 4 amide bonds. The van der Waals surface area contributed by atoms with E-state index in [4.69, 9.17) is 0 Å². The molecule has 0 aromatic rings. The summed E-state index contributed by atoms with van der Waals surface area (Å²) in [6.07, 6.45) is -0.883. The molecular weight excluding hydrogens is 899 g/mol. The molecule has 0 radical (unpaired) electrons. The van der Waals surface area contributed by atoms with Gasteiger partial charge in [0.15, 0.2) is 11.6 Å². The first-order valence-electron chi connectivity index (χ1n) is 22.8. The van der Waals surface area contributed by atoms with Crippen LogP contribution >= 0.6 is 0 Å². The van der Waals surface area contributed by atoms with Crippen LogP contribution in [0.2, 0.25) is 0 Å². The normalized spacial score (nSPS) is 18.3. The molecule has 2 aliphatic rings. The second kappa shape index (κ2) is 30.2. The second-order valence-corrected chi connectivity index (χ2v) is 17.5. The van der Waals surface area contributed by atoms with Gasteiger partial charge in [-0.05, 0) is 32.1 Å².